The number of aromatic nitrogens is 7. The SMILES string of the molecule is CCOC(=O)Cn1nc(-c2ccncc2)cc1N.CCOC(=O)Cn1nc(-c2ccncc2)cc1NC(=O)[C@H](Cc1ccccc1)NC(=O)OCC1c2ccccc2-c2ccccc21.N#CCC(=O)c1ccncc1. The number of Topliss-reactive ketones (excluding diaryl/α,β-unsaturated/α-hetero) is 1. The van der Waals surface area contributed by atoms with Crippen LogP contribution in [0.4, 0.5) is 16.4 Å². The van der Waals surface area contributed by atoms with E-state index < -0.39 is 24.0 Å². The number of nitrogen functional groups attached to an aromatic ring is 1. The standard InChI is InChI=1S/C36H33N5O5.C12H14N4O2.C8H6N2O/c1-2-45-34(42)22-41-33(21-31(40-41)25-16-18-37-19-17-25)39-35(43)32(20-24-10-4-3-5-11-24)38-36(44)46-23-30-28-14-8-6-12-26(28)27-13-7-9-15-29(27)30;1-2-18-12(17)8-16-11(13)7-10(15-16)9-3-5-14-6-4-9;9-4-1-8(11)7-2-5-10-6-3-7/h3-19,21,30,32H,2,20,22-23H2,1H3,(H,38,44)(H,39,43);3-7H,2,8,13H2,1H3;2-3,5-6H,1H2/t32-;;/m0../s1. The number of esters is 2. The molecule has 1 atom stereocenters. The Morgan fingerprint density at radius 1 is 0.653 bits per heavy atom. The number of fused-ring (bicyclic) bond motifs is 3. The van der Waals surface area contributed by atoms with Crippen LogP contribution in [0.3, 0.4) is 0 Å². The summed E-state index contributed by atoms with van der Waals surface area (Å²) < 4.78 is 18.5. The minimum Gasteiger partial charge on any atom is -0.465 e. The van der Waals surface area contributed by atoms with Crippen molar-refractivity contribution in [3.05, 3.63) is 187 Å². The average Bonchev–Trinajstić information content (AvgIpc) is 4.11. The lowest BCUT2D eigenvalue weighted by atomic mass is 9.98. The molecule has 0 bridgehead atoms. The molecule has 2 amide bonds. The van der Waals surface area contributed by atoms with Gasteiger partial charge in [-0.1, -0.05) is 78.9 Å². The summed E-state index contributed by atoms with van der Waals surface area (Å²) in [5.74, 6) is -0.928. The normalized spacial score (nSPS) is 11.4. The van der Waals surface area contributed by atoms with Crippen molar-refractivity contribution in [2.24, 2.45) is 0 Å². The number of rotatable bonds is 17. The molecule has 0 radical (unpaired) electrons. The first-order valence-electron chi connectivity index (χ1n) is 23.8. The van der Waals surface area contributed by atoms with Crippen molar-refractivity contribution in [3.63, 3.8) is 0 Å². The zero-order valence-corrected chi connectivity index (χ0v) is 41.1. The molecule has 19 nitrogen and oxygen atoms in total. The maximum atomic E-state index is 13.8. The molecule has 75 heavy (non-hydrogen) atoms. The molecule has 1 aliphatic rings. The third kappa shape index (κ3) is 14.6. The maximum absolute atomic E-state index is 13.8. The van der Waals surface area contributed by atoms with Crippen LogP contribution in [0.1, 0.15) is 53.2 Å². The number of pyridine rings is 3. The summed E-state index contributed by atoms with van der Waals surface area (Å²) in [6, 6.07) is 40.2. The van der Waals surface area contributed by atoms with Gasteiger partial charge in [0.15, 0.2) is 5.78 Å². The molecular weight excluding hydrogens is 955 g/mol. The van der Waals surface area contributed by atoms with E-state index in [4.69, 9.17) is 25.2 Å². The first kappa shape index (κ1) is 53.0. The molecule has 4 N–H and O–H groups in total. The van der Waals surface area contributed by atoms with Crippen molar-refractivity contribution in [2.75, 3.05) is 30.9 Å². The molecule has 5 heterocycles. The number of nitrogens with zero attached hydrogens (tertiary/aromatic N) is 8. The maximum Gasteiger partial charge on any atom is 0.407 e. The van der Waals surface area contributed by atoms with Crippen molar-refractivity contribution in [1.82, 2.24) is 39.8 Å². The predicted octanol–water partition coefficient (Wildman–Crippen LogP) is 7.87. The fourth-order valence-corrected chi connectivity index (χ4v) is 7.95. The molecule has 8 aromatic rings. The van der Waals surface area contributed by atoms with Gasteiger partial charge in [0.25, 0.3) is 0 Å². The van der Waals surface area contributed by atoms with Crippen LogP contribution in [-0.2, 0) is 48.1 Å². The van der Waals surface area contributed by atoms with Crippen LogP contribution in [0.25, 0.3) is 33.6 Å². The molecule has 0 saturated heterocycles. The van der Waals surface area contributed by atoms with Crippen molar-refractivity contribution in [2.45, 2.75) is 51.7 Å². The molecule has 0 spiro atoms. The van der Waals surface area contributed by atoms with Gasteiger partial charge >= 0.3 is 18.0 Å². The Balaban J connectivity index is 0.000000229. The first-order chi connectivity index (χ1) is 36.5. The molecular formula is C56H53N11O8. The van der Waals surface area contributed by atoms with Gasteiger partial charge in [0, 0.05) is 78.3 Å². The number of carbonyl (C=O) groups excluding carboxylic acids is 5. The molecule has 0 saturated carbocycles. The van der Waals surface area contributed by atoms with Gasteiger partial charge in [-0.25, -0.2) is 14.2 Å². The second-order valence-electron chi connectivity index (χ2n) is 16.5. The predicted molar refractivity (Wildman–Crippen MR) is 278 cm³/mol. The number of nitrogens with two attached hydrogens (primary N) is 1. The Morgan fingerprint density at radius 3 is 1.72 bits per heavy atom. The number of ketones is 1. The highest BCUT2D eigenvalue weighted by molar-refractivity contribution is 5.97. The number of carbonyl (C=O) groups is 5. The number of ether oxygens (including phenoxy) is 3. The minimum absolute atomic E-state index is 0.0186. The van der Waals surface area contributed by atoms with E-state index in [0.717, 1.165) is 38.9 Å². The van der Waals surface area contributed by atoms with E-state index in [1.807, 2.05) is 78.9 Å². The van der Waals surface area contributed by atoms with Gasteiger partial charge in [0.1, 0.15) is 37.4 Å². The van der Waals surface area contributed by atoms with Gasteiger partial charge in [-0.15, -0.1) is 0 Å². The van der Waals surface area contributed by atoms with Crippen LogP contribution in [0.2, 0.25) is 0 Å². The topological polar surface area (TPSA) is 261 Å². The van der Waals surface area contributed by atoms with Crippen LogP contribution in [0.5, 0.6) is 0 Å². The van der Waals surface area contributed by atoms with Crippen molar-refractivity contribution >= 4 is 41.4 Å². The molecule has 19 heteroatoms. The number of hydrogen-bond donors (Lipinski definition) is 3. The highest BCUT2D eigenvalue weighted by Crippen LogP contribution is 2.44. The van der Waals surface area contributed by atoms with Crippen molar-refractivity contribution < 1.29 is 38.2 Å². The Hall–Kier alpha value is -9.83. The third-order valence-corrected chi connectivity index (χ3v) is 11.4. The fraction of sp³-hybridized carbons (Fsp3) is 0.196. The summed E-state index contributed by atoms with van der Waals surface area (Å²) in [6.45, 7) is 3.95. The van der Waals surface area contributed by atoms with E-state index in [0.29, 0.717) is 29.4 Å². The largest absolute Gasteiger partial charge is 0.465 e. The Morgan fingerprint density at radius 2 is 1.16 bits per heavy atom. The van der Waals surface area contributed by atoms with Crippen molar-refractivity contribution in [3.8, 4) is 39.7 Å². The second kappa shape index (κ2) is 26.6. The summed E-state index contributed by atoms with van der Waals surface area (Å²) in [5.41, 5.74) is 14.5. The summed E-state index contributed by atoms with van der Waals surface area (Å²) in [4.78, 5) is 73.5. The summed E-state index contributed by atoms with van der Waals surface area (Å²) in [7, 11) is 0. The van der Waals surface area contributed by atoms with E-state index in [9.17, 15) is 24.0 Å². The second-order valence-corrected chi connectivity index (χ2v) is 16.5. The Kier molecular flexibility index (Phi) is 18.8. The van der Waals surface area contributed by atoms with E-state index in [2.05, 4.69) is 47.9 Å². The lowest BCUT2D eigenvalue weighted by Crippen LogP contribution is -2.46. The molecule has 3 aromatic carbocycles. The quantitative estimate of drug-likeness (QED) is 0.0445. The van der Waals surface area contributed by atoms with Gasteiger partial charge < -0.3 is 30.6 Å². The minimum atomic E-state index is -0.992. The van der Waals surface area contributed by atoms with E-state index in [1.165, 1.54) is 21.8 Å². The summed E-state index contributed by atoms with van der Waals surface area (Å²) >= 11 is 0. The zero-order chi connectivity index (χ0) is 52.9. The van der Waals surface area contributed by atoms with E-state index in [-0.39, 0.29) is 62.6 Å². The van der Waals surface area contributed by atoms with Crippen LogP contribution in [0.15, 0.2) is 165 Å². The lowest BCUT2D eigenvalue weighted by Gasteiger charge is -2.20. The summed E-state index contributed by atoms with van der Waals surface area (Å²) in [5, 5.41) is 22.6. The van der Waals surface area contributed by atoms with Gasteiger partial charge in [0.2, 0.25) is 5.91 Å². The van der Waals surface area contributed by atoms with Gasteiger partial charge in [0.05, 0.1) is 37.1 Å². The third-order valence-electron chi connectivity index (χ3n) is 11.4. The number of benzene rings is 3. The fourth-order valence-electron chi connectivity index (χ4n) is 7.95. The van der Waals surface area contributed by atoms with Crippen molar-refractivity contribution in [1.29, 1.82) is 5.26 Å². The summed E-state index contributed by atoms with van der Waals surface area (Å²) in [6.07, 6.45) is 9.11. The average molecular weight is 1010 g/mol. The monoisotopic (exact) mass is 1010 g/mol. The smallest absolute Gasteiger partial charge is 0.407 e. The number of anilines is 2. The number of nitriles is 1. The van der Waals surface area contributed by atoms with Crippen LogP contribution >= 0.6 is 0 Å². The van der Waals surface area contributed by atoms with Gasteiger partial charge in [-0.3, -0.25) is 34.1 Å². The molecule has 1 aliphatic carbocycles. The molecule has 0 aliphatic heterocycles. The molecule has 0 unspecified atom stereocenters. The molecule has 380 valence electrons. The van der Waals surface area contributed by atoms with E-state index in [1.54, 1.807) is 81.1 Å². The molecule has 0 fully saturated rings. The highest BCUT2D eigenvalue weighted by atomic mass is 16.6. The van der Waals surface area contributed by atoms with Crippen LogP contribution in [-0.4, -0.2) is 90.1 Å². The molecule has 5 aromatic heterocycles. The van der Waals surface area contributed by atoms with E-state index >= 15 is 0 Å². The number of amides is 2. The van der Waals surface area contributed by atoms with Crippen LogP contribution in [0, 0.1) is 11.3 Å². The van der Waals surface area contributed by atoms with Gasteiger partial charge in [-0.2, -0.15) is 15.5 Å². The number of hydrogen-bond acceptors (Lipinski definition) is 15. The lowest BCUT2D eigenvalue weighted by molar-refractivity contribution is -0.144. The Labute approximate surface area is 432 Å². The zero-order valence-electron chi connectivity index (χ0n) is 41.1. The van der Waals surface area contributed by atoms with Crippen LogP contribution < -0.4 is 16.4 Å². The number of nitrogens with one attached hydrogen (secondary N) is 2. The Bertz CT molecular complexity index is 3190. The number of alkyl carbamates (subject to hydrolysis) is 1. The highest BCUT2D eigenvalue weighted by Gasteiger charge is 2.30. The van der Waals surface area contributed by atoms with Gasteiger partial charge in [-0.05, 0) is 78.1 Å². The first-order valence-corrected chi connectivity index (χ1v) is 23.8. The molecule has 9 rings (SSSR count).